The number of pyridine rings is 1. The Hall–Kier alpha value is -3.74. The molecule has 0 unspecified atom stereocenters. The van der Waals surface area contributed by atoms with Crippen molar-refractivity contribution >= 4 is 28.6 Å². The first kappa shape index (κ1) is 18.1. The van der Waals surface area contributed by atoms with Gasteiger partial charge in [-0.1, -0.05) is 54.6 Å². The summed E-state index contributed by atoms with van der Waals surface area (Å²) in [6, 6.07) is 20.0. The second-order valence-corrected chi connectivity index (χ2v) is 5.83. The molecular formula is C20H18N4O3. The number of para-hydroxylation sites is 1. The lowest BCUT2D eigenvalue weighted by atomic mass is 10.1. The Balaban J connectivity index is 1.45. The van der Waals surface area contributed by atoms with E-state index >= 15 is 0 Å². The second kappa shape index (κ2) is 8.57. The lowest BCUT2D eigenvalue weighted by Crippen LogP contribution is -2.46. The number of carbonyl (C=O) groups is 3. The lowest BCUT2D eigenvalue weighted by Gasteiger charge is -2.08. The number of aromatic nitrogens is 1. The Morgan fingerprint density at radius 1 is 0.778 bits per heavy atom. The fraction of sp³-hybridized carbons (Fsp3) is 0.100. The van der Waals surface area contributed by atoms with Crippen LogP contribution in [-0.4, -0.2) is 29.3 Å². The van der Waals surface area contributed by atoms with Crippen LogP contribution < -0.4 is 16.2 Å². The van der Waals surface area contributed by atoms with Gasteiger partial charge in [0.1, 0.15) is 5.69 Å². The second-order valence-electron chi connectivity index (χ2n) is 5.83. The standard InChI is InChI=1S/C20H18N4O3/c25-18(12-14-6-2-1-3-7-14)21-13-19(26)23-24-20(27)17-11-10-15-8-4-5-9-16(15)22-17/h1-11H,12-13H2,(H,21,25)(H,23,26)(H,24,27). The number of amides is 3. The van der Waals surface area contributed by atoms with Crippen LogP contribution in [0.3, 0.4) is 0 Å². The van der Waals surface area contributed by atoms with Crippen molar-refractivity contribution in [2.75, 3.05) is 6.54 Å². The monoisotopic (exact) mass is 362 g/mol. The number of carbonyl (C=O) groups excluding carboxylic acids is 3. The summed E-state index contributed by atoms with van der Waals surface area (Å²) >= 11 is 0. The topological polar surface area (TPSA) is 100 Å². The van der Waals surface area contributed by atoms with Gasteiger partial charge in [0.2, 0.25) is 5.91 Å². The fourth-order valence-electron chi connectivity index (χ4n) is 2.45. The van der Waals surface area contributed by atoms with E-state index in [1.165, 1.54) is 0 Å². The molecule has 0 fully saturated rings. The fourth-order valence-corrected chi connectivity index (χ4v) is 2.45. The molecule has 1 heterocycles. The van der Waals surface area contributed by atoms with Crippen LogP contribution in [0.4, 0.5) is 0 Å². The number of nitrogens with one attached hydrogen (secondary N) is 3. The molecule has 0 aliphatic carbocycles. The largest absolute Gasteiger partial charge is 0.347 e. The van der Waals surface area contributed by atoms with Gasteiger partial charge in [0, 0.05) is 5.39 Å². The molecule has 0 atom stereocenters. The quantitative estimate of drug-likeness (QED) is 0.597. The molecule has 136 valence electrons. The van der Waals surface area contributed by atoms with Gasteiger partial charge in [0.15, 0.2) is 0 Å². The number of hydrogen-bond acceptors (Lipinski definition) is 4. The molecule has 0 bridgehead atoms. The molecule has 27 heavy (non-hydrogen) atoms. The van der Waals surface area contributed by atoms with Gasteiger partial charge in [-0.3, -0.25) is 25.2 Å². The zero-order valence-corrected chi connectivity index (χ0v) is 14.4. The average molecular weight is 362 g/mol. The van der Waals surface area contributed by atoms with E-state index in [0.29, 0.717) is 5.52 Å². The van der Waals surface area contributed by atoms with Crippen LogP contribution in [-0.2, 0) is 16.0 Å². The normalized spacial score (nSPS) is 10.2. The molecule has 3 amide bonds. The summed E-state index contributed by atoms with van der Waals surface area (Å²) in [7, 11) is 0. The van der Waals surface area contributed by atoms with Gasteiger partial charge in [-0.25, -0.2) is 4.98 Å². The van der Waals surface area contributed by atoms with Crippen LogP contribution >= 0.6 is 0 Å². The Bertz CT molecular complexity index is 973. The maximum absolute atomic E-state index is 12.1. The van der Waals surface area contributed by atoms with E-state index in [-0.39, 0.29) is 24.6 Å². The van der Waals surface area contributed by atoms with Crippen molar-refractivity contribution < 1.29 is 14.4 Å². The number of hydrazine groups is 1. The molecule has 0 aliphatic rings. The SMILES string of the molecule is O=C(Cc1ccccc1)NCC(=O)NNC(=O)c1ccc2ccccc2n1. The molecular weight excluding hydrogens is 344 g/mol. The van der Waals surface area contributed by atoms with Crippen LogP contribution in [0.1, 0.15) is 16.1 Å². The van der Waals surface area contributed by atoms with Crippen LogP contribution in [0, 0.1) is 0 Å². The summed E-state index contributed by atoms with van der Waals surface area (Å²) in [6.45, 7) is -0.239. The first-order valence-corrected chi connectivity index (χ1v) is 8.37. The van der Waals surface area contributed by atoms with Crippen LogP contribution in [0.15, 0.2) is 66.7 Å². The first-order valence-electron chi connectivity index (χ1n) is 8.37. The molecule has 0 saturated carbocycles. The van der Waals surface area contributed by atoms with Gasteiger partial charge in [-0.05, 0) is 17.7 Å². The van der Waals surface area contributed by atoms with Crippen LogP contribution in [0.25, 0.3) is 10.9 Å². The molecule has 7 heteroatoms. The van der Waals surface area contributed by atoms with Crippen molar-refractivity contribution in [1.82, 2.24) is 21.2 Å². The van der Waals surface area contributed by atoms with Crippen molar-refractivity contribution in [3.05, 3.63) is 78.0 Å². The molecule has 7 nitrogen and oxygen atoms in total. The number of nitrogens with zero attached hydrogens (tertiary/aromatic N) is 1. The first-order chi connectivity index (χ1) is 13.1. The maximum atomic E-state index is 12.1. The smallest absolute Gasteiger partial charge is 0.288 e. The van der Waals surface area contributed by atoms with E-state index < -0.39 is 11.8 Å². The van der Waals surface area contributed by atoms with Crippen molar-refractivity contribution in [2.45, 2.75) is 6.42 Å². The van der Waals surface area contributed by atoms with Gasteiger partial charge < -0.3 is 5.32 Å². The van der Waals surface area contributed by atoms with E-state index in [2.05, 4.69) is 21.2 Å². The molecule has 0 saturated heterocycles. The summed E-state index contributed by atoms with van der Waals surface area (Å²) < 4.78 is 0. The number of hydrogen-bond donors (Lipinski definition) is 3. The minimum absolute atomic E-state index is 0.182. The summed E-state index contributed by atoms with van der Waals surface area (Å²) in [6.07, 6.45) is 0.182. The van der Waals surface area contributed by atoms with Gasteiger partial charge in [0.05, 0.1) is 18.5 Å². The van der Waals surface area contributed by atoms with Gasteiger partial charge in [0.25, 0.3) is 11.8 Å². The predicted octanol–water partition coefficient (Wildman–Crippen LogP) is 1.35. The third-order valence-corrected chi connectivity index (χ3v) is 3.80. The zero-order valence-electron chi connectivity index (χ0n) is 14.4. The molecule has 3 N–H and O–H groups in total. The maximum Gasteiger partial charge on any atom is 0.288 e. The highest BCUT2D eigenvalue weighted by Crippen LogP contribution is 2.11. The van der Waals surface area contributed by atoms with Crippen molar-refractivity contribution in [2.24, 2.45) is 0 Å². The predicted molar refractivity (Wildman–Crippen MR) is 101 cm³/mol. The Morgan fingerprint density at radius 3 is 2.33 bits per heavy atom. The summed E-state index contributed by atoms with van der Waals surface area (Å²) in [5, 5.41) is 3.42. The summed E-state index contributed by atoms with van der Waals surface area (Å²) in [5.74, 6) is -1.35. The van der Waals surface area contributed by atoms with Crippen molar-refractivity contribution in [1.29, 1.82) is 0 Å². The van der Waals surface area contributed by atoms with Gasteiger partial charge in [-0.15, -0.1) is 0 Å². The highest BCUT2D eigenvalue weighted by molar-refractivity contribution is 5.96. The molecule has 0 spiro atoms. The van der Waals surface area contributed by atoms with Crippen LogP contribution in [0.5, 0.6) is 0 Å². The van der Waals surface area contributed by atoms with Crippen molar-refractivity contribution in [3.8, 4) is 0 Å². The van der Waals surface area contributed by atoms with Crippen LogP contribution in [0.2, 0.25) is 0 Å². The minimum atomic E-state index is -0.537. The van der Waals surface area contributed by atoms with E-state index in [1.807, 2.05) is 48.5 Å². The zero-order chi connectivity index (χ0) is 19.1. The van der Waals surface area contributed by atoms with E-state index in [4.69, 9.17) is 0 Å². The Labute approximate surface area is 155 Å². The third kappa shape index (κ3) is 5.12. The molecule has 2 aromatic carbocycles. The number of rotatable bonds is 5. The molecule has 1 aromatic heterocycles. The van der Waals surface area contributed by atoms with E-state index in [0.717, 1.165) is 10.9 Å². The summed E-state index contributed by atoms with van der Waals surface area (Å²) in [4.78, 5) is 39.9. The lowest BCUT2D eigenvalue weighted by molar-refractivity contribution is -0.126. The minimum Gasteiger partial charge on any atom is -0.347 e. The highest BCUT2D eigenvalue weighted by Gasteiger charge is 2.10. The molecule has 3 aromatic rings. The van der Waals surface area contributed by atoms with Gasteiger partial charge in [-0.2, -0.15) is 0 Å². The van der Waals surface area contributed by atoms with E-state index in [9.17, 15) is 14.4 Å². The number of fused-ring (bicyclic) bond motifs is 1. The van der Waals surface area contributed by atoms with E-state index in [1.54, 1.807) is 18.2 Å². The Kier molecular flexibility index (Phi) is 5.73. The van der Waals surface area contributed by atoms with Gasteiger partial charge >= 0.3 is 0 Å². The molecule has 0 aliphatic heterocycles. The third-order valence-electron chi connectivity index (χ3n) is 3.80. The average Bonchev–Trinajstić information content (AvgIpc) is 2.71. The highest BCUT2D eigenvalue weighted by atomic mass is 16.2. The summed E-state index contributed by atoms with van der Waals surface area (Å²) in [5.41, 5.74) is 6.26. The molecule has 0 radical (unpaired) electrons. The van der Waals surface area contributed by atoms with Crippen molar-refractivity contribution in [3.63, 3.8) is 0 Å². The Morgan fingerprint density at radius 2 is 1.52 bits per heavy atom. The number of benzene rings is 2. The molecule has 3 rings (SSSR count).